The van der Waals surface area contributed by atoms with Gasteiger partial charge in [-0.1, -0.05) is 11.6 Å². The summed E-state index contributed by atoms with van der Waals surface area (Å²) in [6.45, 7) is 5.64. The van der Waals surface area contributed by atoms with Crippen LogP contribution >= 0.6 is 11.6 Å². The molecule has 1 unspecified atom stereocenters. The first kappa shape index (κ1) is 14.0. The predicted molar refractivity (Wildman–Crippen MR) is 84.5 cm³/mol. The van der Waals surface area contributed by atoms with Crippen LogP contribution in [-0.4, -0.2) is 21.9 Å². The van der Waals surface area contributed by atoms with Gasteiger partial charge >= 0.3 is 0 Å². The summed E-state index contributed by atoms with van der Waals surface area (Å²) < 4.78 is 2.26. The van der Waals surface area contributed by atoms with Gasteiger partial charge in [-0.2, -0.15) is 0 Å². The number of hydrogen-bond donors (Lipinski definition) is 1. The van der Waals surface area contributed by atoms with E-state index in [0.29, 0.717) is 22.8 Å². The average Bonchev–Trinajstić information content (AvgIpc) is 2.81. The zero-order valence-electron chi connectivity index (χ0n) is 12.1. The Morgan fingerprint density at radius 3 is 2.76 bits per heavy atom. The number of nitrogen functional groups attached to an aromatic ring is 1. The Balaban J connectivity index is 1.93. The monoisotopic (exact) mass is 303 g/mol. The van der Waals surface area contributed by atoms with Gasteiger partial charge in [-0.15, -0.1) is 0 Å². The van der Waals surface area contributed by atoms with Gasteiger partial charge in [-0.25, -0.2) is 0 Å². The summed E-state index contributed by atoms with van der Waals surface area (Å²) in [5, 5.41) is 0.407. The third kappa shape index (κ3) is 2.29. The van der Waals surface area contributed by atoms with Crippen molar-refractivity contribution in [1.29, 1.82) is 0 Å². The molecule has 0 saturated heterocycles. The number of rotatable bonds is 1. The normalized spacial score (nSPS) is 17.7. The highest BCUT2D eigenvalue weighted by molar-refractivity contribution is 6.34. The average molecular weight is 304 g/mol. The van der Waals surface area contributed by atoms with Crippen LogP contribution in [0.4, 0.5) is 5.69 Å². The number of nitrogens with two attached hydrogens (primary N) is 1. The van der Waals surface area contributed by atoms with Gasteiger partial charge in [0.2, 0.25) is 0 Å². The van der Waals surface area contributed by atoms with Crippen molar-refractivity contribution in [3.63, 3.8) is 0 Å². The molecule has 4 nitrogen and oxygen atoms in total. The van der Waals surface area contributed by atoms with E-state index in [1.54, 1.807) is 18.2 Å². The molecule has 0 radical (unpaired) electrons. The molecule has 1 amide bonds. The molecule has 2 aromatic rings. The number of fused-ring (bicyclic) bond motifs is 1. The van der Waals surface area contributed by atoms with Crippen LogP contribution in [0.25, 0.3) is 0 Å². The van der Waals surface area contributed by atoms with Crippen molar-refractivity contribution in [2.45, 2.75) is 26.4 Å². The summed E-state index contributed by atoms with van der Waals surface area (Å²) >= 11 is 6.16. The Kier molecular flexibility index (Phi) is 3.41. The van der Waals surface area contributed by atoms with Crippen LogP contribution in [-0.2, 0) is 6.54 Å². The number of benzene rings is 1. The maximum absolute atomic E-state index is 12.8. The summed E-state index contributed by atoms with van der Waals surface area (Å²) in [6.07, 6.45) is 0. The zero-order chi connectivity index (χ0) is 15.1. The van der Waals surface area contributed by atoms with Gasteiger partial charge in [0.25, 0.3) is 5.91 Å². The molecule has 3 rings (SSSR count). The van der Waals surface area contributed by atoms with Gasteiger partial charge in [0.15, 0.2) is 0 Å². The standard InChI is InChI=1S/C16H18ClN3O/c1-10-3-6-15-11(2)20(8-7-19(10)15)16(21)13-5-4-12(18)9-14(13)17/h3-6,9,11H,7-8,18H2,1-2H3. The molecule has 0 fully saturated rings. The number of nitrogens with zero attached hydrogens (tertiary/aromatic N) is 2. The minimum absolute atomic E-state index is 0.0357. The Bertz CT molecular complexity index is 708. The first-order valence-corrected chi connectivity index (χ1v) is 7.39. The van der Waals surface area contributed by atoms with Crippen molar-refractivity contribution in [3.8, 4) is 0 Å². The molecule has 0 bridgehead atoms. The fraction of sp³-hybridized carbons (Fsp3) is 0.312. The van der Waals surface area contributed by atoms with Crippen LogP contribution in [0.1, 0.15) is 34.7 Å². The molecular weight excluding hydrogens is 286 g/mol. The second-order valence-electron chi connectivity index (χ2n) is 5.47. The van der Waals surface area contributed by atoms with Gasteiger partial charge in [0, 0.05) is 30.2 Å². The topological polar surface area (TPSA) is 51.3 Å². The van der Waals surface area contributed by atoms with Gasteiger partial charge in [-0.3, -0.25) is 4.79 Å². The number of carbonyl (C=O) groups is 1. The lowest BCUT2D eigenvalue weighted by molar-refractivity contribution is 0.0643. The van der Waals surface area contributed by atoms with Crippen molar-refractivity contribution < 1.29 is 4.79 Å². The Labute approximate surface area is 129 Å². The van der Waals surface area contributed by atoms with Crippen LogP contribution in [0.2, 0.25) is 5.02 Å². The summed E-state index contributed by atoms with van der Waals surface area (Å²) in [5.41, 5.74) is 9.15. The molecule has 0 spiro atoms. The number of carbonyl (C=O) groups excluding carboxylic acids is 1. The van der Waals surface area contributed by atoms with Crippen LogP contribution in [0.5, 0.6) is 0 Å². The number of aromatic nitrogens is 1. The van der Waals surface area contributed by atoms with Gasteiger partial charge in [-0.05, 0) is 44.2 Å². The lowest BCUT2D eigenvalue weighted by Crippen LogP contribution is -2.41. The molecule has 1 aliphatic heterocycles. The lowest BCUT2D eigenvalue weighted by Gasteiger charge is -2.35. The second kappa shape index (κ2) is 5.11. The number of aryl methyl sites for hydroxylation is 1. The van der Waals surface area contributed by atoms with Crippen molar-refractivity contribution in [2.24, 2.45) is 0 Å². The van der Waals surface area contributed by atoms with Crippen molar-refractivity contribution >= 4 is 23.2 Å². The first-order chi connectivity index (χ1) is 9.99. The largest absolute Gasteiger partial charge is 0.399 e. The number of anilines is 1. The minimum Gasteiger partial charge on any atom is -0.399 e. The number of amides is 1. The molecule has 0 aliphatic carbocycles. The van der Waals surface area contributed by atoms with Crippen molar-refractivity contribution in [3.05, 3.63) is 52.3 Å². The summed E-state index contributed by atoms with van der Waals surface area (Å²) in [4.78, 5) is 14.6. The lowest BCUT2D eigenvalue weighted by atomic mass is 10.1. The number of halogens is 1. The molecule has 2 N–H and O–H groups in total. The molecule has 110 valence electrons. The Hall–Kier alpha value is -1.94. The van der Waals surface area contributed by atoms with Crippen LogP contribution in [0.15, 0.2) is 30.3 Å². The van der Waals surface area contributed by atoms with Gasteiger partial charge < -0.3 is 15.2 Å². The predicted octanol–water partition coefficient (Wildman–Crippen LogP) is 3.25. The molecular formula is C16H18ClN3O. The van der Waals surface area contributed by atoms with E-state index in [0.717, 1.165) is 6.54 Å². The van der Waals surface area contributed by atoms with E-state index in [1.165, 1.54) is 11.4 Å². The second-order valence-corrected chi connectivity index (χ2v) is 5.87. The third-order valence-corrected chi connectivity index (χ3v) is 4.49. The van der Waals surface area contributed by atoms with Crippen LogP contribution in [0, 0.1) is 6.92 Å². The third-order valence-electron chi connectivity index (χ3n) is 4.18. The van der Waals surface area contributed by atoms with Gasteiger partial charge in [0.05, 0.1) is 16.6 Å². The summed E-state index contributed by atoms with van der Waals surface area (Å²) in [6, 6.07) is 9.25. The van der Waals surface area contributed by atoms with Crippen LogP contribution < -0.4 is 5.73 Å². The molecule has 21 heavy (non-hydrogen) atoms. The molecule has 1 atom stereocenters. The SMILES string of the molecule is Cc1ccc2n1CCN(C(=O)c1ccc(N)cc1Cl)C2C. The maximum Gasteiger partial charge on any atom is 0.255 e. The fourth-order valence-electron chi connectivity index (χ4n) is 2.96. The molecule has 5 heteroatoms. The maximum atomic E-state index is 12.8. The minimum atomic E-state index is -0.0439. The van der Waals surface area contributed by atoms with Gasteiger partial charge in [0.1, 0.15) is 0 Å². The highest BCUT2D eigenvalue weighted by Gasteiger charge is 2.29. The van der Waals surface area contributed by atoms with E-state index >= 15 is 0 Å². The highest BCUT2D eigenvalue weighted by atomic mass is 35.5. The summed E-state index contributed by atoms with van der Waals surface area (Å²) in [7, 11) is 0. The van der Waals surface area contributed by atoms with E-state index in [9.17, 15) is 4.79 Å². The Morgan fingerprint density at radius 1 is 1.29 bits per heavy atom. The van der Waals surface area contributed by atoms with E-state index in [4.69, 9.17) is 17.3 Å². The molecule has 2 heterocycles. The molecule has 1 aromatic heterocycles. The Morgan fingerprint density at radius 2 is 2.05 bits per heavy atom. The molecule has 1 aromatic carbocycles. The van der Waals surface area contributed by atoms with E-state index in [2.05, 4.69) is 23.6 Å². The molecule has 0 saturated carbocycles. The van der Waals surface area contributed by atoms with Crippen molar-refractivity contribution in [2.75, 3.05) is 12.3 Å². The van der Waals surface area contributed by atoms with Crippen LogP contribution in [0.3, 0.4) is 0 Å². The zero-order valence-corrected chi connectivity index (χ0v) is 12.9. The quantitative estimate of drug-likeness (QED) is 0.822. The van der Waals surface area contributed by atoms with E-state index < -0.39 is 0 Å². The van der Waals surface area contributed by atoms with Crippen molar-refractivity contribution in [1.82, 2.24) is 9.47 Å². The smallest absolute Gasteiger partial charge is 0.255 e. The first-order valence-electron chi connectivity index (χ1n) is 7.01. The summed E-state index contributed by atoms with van der Waals surface area (Å²) in [5.74, 6) is -0.0439. The number of hydrogen-bond acceptors (Lipinski definition) is 2. The molecule has 1 aliphatic rings. The highest BCUT2D eigenvalue weighted by Crippen LogP contribution is 2.30. The fourth-order valence-corrected chi connectivity index (χ4v) is 3.23. The van der Waals surface area contributed by atoms with E-state index in [-0.39, 0.29) is 11.9 Å². The van der Waals surface area contributed by atoms with E-state index in [1.807, 2.05) is 11.8 Å².